The number of rotatable bonds is 7. The lowest BCUT2D eigenvalue weighted by molar-refractivity contribution is 0.496. The summed E-state index contributed by atoms with van der Waals surface area (Å²) in [5, 5.41) is 16.0. The van der Waals surface area contributed by atoms with Crippen molar-refractivity contribution in [1.29, 1.82) is 0 Å². The number of unbranched alkanes of at least 4 members (excludes halogenated alkanes) is 1. The van der Waals surface area contributed by atoms with Crippen molar-refractivity contribution in [3.63, 3.8) is 0 Å². The van der Waals surface area contributed by atoms with E-state index in [0.717, 1.165) is 36.5 Å². The van der Waals surface area contributed by atoms with E-state index in [0.29, 0.717) is 17.5 Å². The van der Waals surface area contributed by atoms with Crippen molar-refractivity contribution in [2.75, 3.05) is 5.32 Å². The van der Waals surface area contributed by atoms with E-state index in [4.69, 9.17) is 16.0 Å². The number of anilines is 1. The standard InChI is InChI=1S/C16H18ClN5O/c1-2-3-9-22-20-16(19-21-22)18-11-14-7-8-15(23-14)12-5-4-6-13(17)10-12/h4-8,10H,2-3,9,11H2,1H3,(H,18,20). The van der Waals surface area contributed by atoms with Crippen LogP contribution in [0.5, 0.6) is 0 Å². The monoisotopic (exact) mass is 331 g/mol. The van der Waals surface area contributed by atoms with Gasteiger partial charge >= 0.3 is 0 Å². The number of nitrogens with zero attached hydrogens (tertiary/aromatic N) is 4. The van der Waals surface area contributed by atoms with Gasteiger partial charge in [0.05, 0.1) is 13.1 Å². The van der Waals surface area contributed by atoms with Crippen molar-refractivity contribution < 1.29 is 4.42 Å². The van der Waals surface area contributed by atoms with Gasteiger partial charge in [-0.2, -0.15) is 4.80 Å². The zero-order valence-electron chi connectivity index (χ0n) is 12.9. The molecule has 0 atom stereocenters. The molecule has 0 unspecified atom stereocenters. The highest BCUT2D eigenvalue weighted by molar-refractivity contribution is 6.30. The molecule has 0 radical (unpaired) electrons. The fourth-order valence-corrected chi connectivity index (χ4v) is 2.33. The maximum Gasteiger partial charge on any atom is 0.263 e. The molecule has 0 bridgehead atoms. The second-order valence-corrected chi connectivity index (χ2v) is 5.63. The number of halogens is 1. The van der Waals surface area contributed by atoms with Crippen molar-refractivity contribution in [2.24, 2.45) is 0 Å². The van der Waals surface area contributed by atoms with Crippen LogP contribution >= 0.6 is 11.6 Å². The predicted octanol–water partition coefficient (Wildman–Crippen LogP) is 4.00. The molecular formula is C16H18ClN5O. The summed E-state index contributed by atoms with van der Waals surface area (Å²) in [7, 11) is 0. The van der Waals surface area contributed by atoms with E-state index < -0.39 is 0 Å². The molecule has 2 aromatic heterocycles. The first-order valence-electron chi connectivity index (χ1n) is 7.61. The molecule has 0 saturated carbocycles. The van der Waals surface area contributed by atoms with E-state index in [2.05, 4.69) is 27.7 Å². The fourth-order valence-electron chi connectivity index (χ4n) is 2.14. The molecule has 2 heterocycles. The van der Waals surface area contributed by atoms with Gasteiger partial charge in [0.1, 0.15) is 11.5 Å². The van der Waals surface area contributed by atoms with E-state index in [9.17, 15) is 0 Å². The molecule has 3 rings (SSSR count). The van der Waals surface area contributed by atoms with Crippen LogP contribution in [0.4, 0.5) is 5.95 Å². The molecule has 0 spiro atoms. The smallest absolute Gasteiger partial charge is 0.263 e. The van der Waals surface area contributed by atoms with E-state index in [1.54, 1.807) is 4.80 Å². The van der Waals surface area contributed by atoms with Crippen LogP contribution in [0.2, 0.25) is 5.02 Å². The lowest BCUT2D eigenvalue weighted by Crippen LogP contribution is -2.03. The van der Waals surface area contributed by atoms with E-state index in [1.807, 2.05) is 36.4 Å². The third kappa shape index (κ3) is 4.10. The van der Waals surface area contributed by atoms with Crippen molar-refractivity contribution in [3.05, 3.63) is 47.2 Å². The van der Waals surface area contributed by atoms with Gasteiger partial charge in [0, 0.05) is 10.6 Å². The summed E-state index contributed by atoms with van der Waals surface area (Å²) in [6.07, 6.45) is 2.14. The largest absolute Gasteiger partial charge is 0.459 e. The summed E-state index contributed by atoms with van der Waals surface area (Å²) in [5.41, 5.74) is 0.951. The first-order chi connectivity index (χ1) is 11.2. The highest BCUT2D eigenvalue weighted by Gasteiger charge is 2.07. The molecule has 3 aromatic rings. The van der Waals surface area contributed by atoms with Crippen molar-refractivity contribution in [2.45, 2.75) is 32.9 Å². The summed E-state index contributed by atoms with van der Waals surface area (Å²) >= 11 is 6.00. The second kappa shape index (κ2) is 7.28. The lowest BCUT2D eigenvalue weighted by Gasteiger charge is -1.99. The minimum Gasteiger partial charge on any atom is -0.459 e. The molecule has 0 aliphatic carbocycles. The van der Waals surface area contributed by atoms with Gasteiger partial charge in [-0.1, -0.05) is 42.2 Å². The van der Waals surface area contributed by atoms with Gasteiger partial charge in [-0.15, -0.1) is 5.10 Å². The number of hydrogen-bond acceptors (Lipinski definition) is 5. The Kier molecular flexibility index (Phi) is 4.92. The Labute approximate surface area is 139 Å². The molecule has 23 heavy (non-hydrogen) atoms. The molecule has 6 nitrogen and oxygen atoms in total. The summed E-state index contributed by atoms with van der Waals surface area (Å²) in [5.74, 6) is 2.08. The number of hydrogen-bond donors (Lipinski definition) is 1. The SMILES string of the molecule is CCCCn1nnc(NCc2ccc(-c3cccc(Cl)c3)o2)n1. The van der Waals surface area contributed by atoms with Gasteiger partial charge in [0.15, 0.2) is 0 Å². The van der Waals surface area contributed by atoms with Crippen LogP contribution < -0.4 is 5.32 Å². The van der Waals surface area contributed by atoms with Crippen LogP contribution in [-0.2, 0) is 13.1 Å². The predicted molar refractivity (Wildman–Crippen MR) is 89.2 cm³/mol. The van der Waals surface area contributed by atoms with Crippen LogP contribution in [-0.4, -0.2) is 20.2 Å². The molecule has 0 fully saturated rings. The number of benzene rings is 1. The minimum absolute atomic E-state index is 0.500. The zero-order chi connectivity index (χ0) is 16.1. The van der Waals surface area contributed by atoms with Crippen LogP contribution in [0.1, 0.15) is 25.5 Å². The van der Waals surface area contributed by atoms with Crippen molar-refractivity contribution in [1.82, 2.24) is 20.2 Å². The fraction of sp³-hybridized carbons (Fsp3) is 0.312. The maximum atomic E-state index is 6.00. The quantitative estimate of drug-likeness (QED) is 0.708. The topological polar surface area (TPSA) is 68.8 Å². The zero-order valence-corrected chi connectivity index (χ0v) is 13.6. The first-order valence-corrected chi connectivity index (χ1v) is 7.98. The van der Waals surface area contributed by atoms with E-state index in [1.165, 1.54) is 0 Å². The Balaban J connectivity index is 1.60. The molecule has 120 valence electrons. The summed E-state index contributed by atoms with van der Waals surface area (Å²) in [6, 6.07) is 11.4. The van der Waals surface area contributed by atoms with Crippen LogP contribution in [0, 0.1) is 0 Å². The normalized spacial score (nSPS) is 10.9. The van der Waals surface area contributed by atoms with Gasteiger partial charge in [-0.05, 0) is 35.9 Å². The average molecular weight is 332 g/mol. The minimum atomic E-state index is 0.500. The third-order valence-electron chi connectivity index (χ3n) is 3.36. The molecule has 1 aromatic carbocycles. The molecular weight excluding hydrogens is 314 g/mol. The Morgan fingerprint density at radius 3 is 3.00 bits per heavy atom. The number of aryl methyl sites for hydroxylation is 1. The molecule has 0 saturated heterocycles. The number of aromatic nitrogens is 4. The molecule has 0 aliphatic heterocycles. The first kappa shape index (κ1) is 15.6. The Hall–Kier alpha value is -2.34. The Morgan fingerprint density at radius 2 is 2.17 bits per heavy atom. The molecule has 0 amide bonds. The summed E-state index contributed by atoms with van der Waals surface area (Å²) < 4.78 is 5.81. The lowest BCUT2D eigenvalue weighted by atomic mass is 10.2. The van der Waals surface area contributed by atoms with Crippen molar-refractivity contribution in [3.8, 4) is 11.3 Å². The van der Waals surface area contributed by atoms with Crippen molar-refractivity contribution >= 4 is 17.5 Å². The Morgan fingerprint density at radius 1 is 1.26 bits per heavy atom. The van der Waals surface area contributed by atoms with Gasteiger partial charge < -0.3 is 9.73 Å². The molecule has 1 N–H and O–H groups in total. The number of nitrogens with one attached hydrogen (secondary N) is 1. The van der Waals surface area contributed by atoms with Crippen LogP contribution in [0.15, 0.2) is 40.8 Å². The van der Waals surface area contributed by atoms with Gasteiger partial charge in [0.2, 0.25) is 0 Å². The summed E-state index contributed by atoms with van der Waals surface area (Å²) in [4.78, 5) is 1.60. The van der Waals surface area contributed by atoms with Gasteiger partial charge in [0.25, 0.3) is 5.95 Å². The summed E-state index contributed by atoms with van der Waals surface area (Å²) in [6.45, 7) is 3.41. The third-order valence-corrected chi connectivity index (χ3v) is 3.59. The number of furan rings is 1. The van der Waals surface area contributed by atoms with Crippen LogP contribution in [0.3, 0.4) is 0 Å². The number of tetrazole rings is 1. The van der Waals surface area contributed by atoms with Crippen LogP contribution in [0.25, 0.3) is 11.3 Å². The molecule has 0 aliphatic rings. The highest BCUT2D eigenvalue weighted by Crippen LogP contribution is 2.24. The van der Waals surface area contributed by atoms with E-state index >= 15 is 0 Å². The Bertz CT molecular complexity index is 767. The van der Waals surface area contributed by atoms with Gasteiger partial charge in [-0.25, -0.2) is 0 Å². The van der Waals surface area contributed by atoms with Gasteiger partial charge in [-0.3, -0.25) is 0 Å². The van der Waals surface area contributed by atoms with E-state index in [-0.39, 0.29) is 0 Å². The molecule has 7 heteroatoms. The average Bonchev–Trinajstić information content (AvgIpc) is 3.20. The maximum absolute atomic E-state index is 6.00. The highest BCUT2D eigenvalue weighted by atomic mass is 35.5. The second-order valence-electron chi connectivity index (χ2n) is 5.19.